The van der Waals surface area contributed by atoms with Crippen LogP contribution in [0.4, 0.5) is 4.79 Å². The first-order valence-corrected chi connectivity index (χ1v) is 5.94. The lowest BCUT2D eigenvalue weighted by atomic mass is 10.2. The molecule has 0 aromatic rings. The molecular weight excluding hydrogens is 232 g/mol. The van der Waals surface area contributed by atoms with Crippen LogP contribution in [0.3, 0.4) is 0 Å². The molecule has 102 valence electrons. The fourth-order valence-corrected chi connectivity index (χ4v) is 1.14. The molecular formula is C13H22N2O3. The number of carbonyl (C=O) groups excluding carboxylic acids is 2. The molecule has 2 N–H and O–H groups in total. The average Bonchev–Trinajstić information content (AvgIpc) is 2.14. The SMILES string of the molecule is CC#CC(=O)NCCC(C)NC(=O)OC(C)(C)C. The lowest BCUT2D eigenvalue weighted by Crippen LogP contribution is -2.39. The number of hydrogen-bond donors (Lipinski definition) is 2. The lowest BCUT2D eigenvalue weighted by Gasteiger charge is -2.21. The van der Waals surface area contributed by atoms with E-state index >= 15 is 0 Å². The largest absolute Gasteiger partial charge is 0.444 e. The second-order valence-corrected chi connectivity index (χ2v) is 4.97. The summed E-state index contributed by atoms with van der Waals surface area (Å²) in [7, 11) is 0. The van der Waals surface area contributed by atoms with Crippen LogP contribution in [0.5, 0.6) is 0 Å². The van der Waals surface area contributed by atoms with E-state index in [9.17, 15) is 9.59 Å². The predicted octanol–water partition coefficient (Wildman–Crippen LogP) is 1.43. The van der Waals surface area contributed by atoms with Gasteiger partial charge in [0, 0.05) is 12.6 Å². The van der Waals surface area contributed by atoms with Crippen LogP contribution in [-0.2, 0) is 9.53 Å². The van der Waals surface area contributed by atoms with Crippen molar-refractivity contribution < 1.29 is 14.3 Å². The van der Waals surface area contributed by atoms with Gasteiger partial charge in [0.2, 0.25) is 0 Å². The second kappa shape index (κ2) is 7.59. The Kier molecular flexibility index (Phi) is 6.88. The molecule has 5 nitrogen and oxygen atoms in total. The van der Waals surface area contributed by atoms with Gasteiger partial charge in [-0.05, 0) is 47.0 Å². The van der Waals surface area contributed by atoms with Crippen LogP contribution in [0.2, 0.25) is 0 Å². The molecule has 0 bridgehead atoms. The second-order valence-electron chi connectivity index (χ2n) is 4.97. The van der Waals surface area contributed by atoms with Crippen molar-refractivity contribution in [2.45, 2.75) is 52.7 Å². The van der Waals surface area contributed by atoms with Gasteiger partial charge in [0.1, 0.15) is 5.60 Å². The highest BCUT2D eigenvalue weighted by molar-refractivity contribution is 5.93. The van der Waals surface area contributed by atoms with Gasteiger partial charge in [-0.3, -0.25) is 4.79 Å². The molecule has 1 atom stereocenters. The number of rotatable bonds is 4. The summed E-state index contributed by atoms with van der Waals surface area (Å²) >= 11 is 0. The van der Waals surface area contributed by atoms with Gasteiger partial charge in [0.25, 0.3) is 5.91 Å². The first-order chi connectivity index (χ1) is 8.24. The summed E-state index contributed by atoms with van der Waals surface area (Å²) in [5, 5.41) is 5.32. The molecule has 0 aromatic heterocycles. The molecule has 0 aliphatic carbocycles. The van der Waals surface area contributed by atoms with Crippen molar-refractivity contribution in [1.29, 1.82) is 0 Å². The zero-order valence-electron chi connectivity index (χ0n) is 11.7. The third kappa shape index (κ3) is 9.52. The maximum absolute atomic E-state index is 11.4. The van der Waals surface area contributed by atoms with Gasteiger partial charge < -0.3 is 15.4 Å². The Morgan fingerprint density at radius 1 is 1.33 bits per heavy atom. The Morgan fingerprint density at radius 2 is 1.94 bits per heavy atom. The fraction of sp³-hybridized carbons (Fsp3) is 0.692. The molecule has 0 aliphatic heterocycles. The Balaban J connectivity index is 3.83. The molecule has 0 rings (SSSR count). The molecule has 18 heavy (non-hydrogen) atoms. The Bertz CT molecular complexity index is 347. The summed E-state index contributed by atoms with van der Waals surface area (Å²) in [5.74, 6) is 4.59. The number of ether oxygens (including phenoxy) is 1. The normalized spacial score (nSPS) is 11.8. The van der Waals surface area contributed by atoms with Crippen LogP contribution in [0.1, 0.15) is 41.0 Å². The summed E-state index contributed by atoms with van der Waals surface area (Å²) in [6.45, 7) is 9.33. The van der Waals surface area contributed by atoms with E-state index in [0.29, 0.717) is 13.0 Å². The first-order valence-electron chi connectivity index (χ1n) is 5.94. The van der Waals surface area contributed by atoms with Gasteiger partial charge in [-0.1, -0.05) is 5.92 Å². The van der Waals surface area contributed by atoms with Crippen LogP contribution in [-0.4, -0.2) is 30.2 Å². The molecule has 0 saturated heterocycles. The molecule has 5 heteroatoms. The van der Waals surface area contributed by atoms with Gasteiger partial charge >= 0.3 is 6.09 Å². The Labute approximate surface area is 109 Å². The van der Waals surface area contributed by atoms with E-state index in [0.717, 1.165) is 0 Å². The molecule has 0 radical (unpaired) electrons. The summed E-state index contributed by atoms with van der Waals surface area (Å²) in [6, 6.07) is -0.0743. The van der Waals surface area contributed by atoms with Crippen molar-refractivity contribution in [3.05, 3.63) is 0 Å². The zero-order chi connectivity index (χ0) is 14.2. The lowest BCUT2D eigenvalue weighted by molar-refractivity contribution is -0.115. The quantitative estimate of drug-likeness (QED) is 0.746. The number of hydrogen-bond acceptors (Lipinski definition) is 3. The van der Waals surface area contributed by atoms with Crippen LogP contribution < -0.4 is 10.6 Å². The van der Waals surface area contributed by atoms with Crippen molar-refractivity contribution in [3.8, 4) is 11.8 Å². The van der Waals surface area contributed by atoms with E-state index in [1.54, 1.807) is 27.7 Å². The molecule has 0 aromatic carbocycles. The summed E-state index contributed by atoms with van der Waals surface area (Å²) in [6.07, 6.45) is 0.172. The predicted molar refractivity (Wildman–Crippen MR) is 69.9 cm³/mol. The zero-order valence-corrected chi connectivity index (χ0v) is 11.7. The van der Waals surface area contributed by atoms with Crippen LogP contribution >= 0.6 is 0 Å². The van der Waals surface area contributed by atoms with Crippen molar-refractivity contribution in [2.75, 3.05) is 6.54 Å². The minimum absolute atomic E-state index is 0.0743. The Hall–Kier alpha value is -1.70. The summed E-state index contributed by atoms with van der Waals surface area (Å²) < 4.78 is 5.11. The van der Waals surface area contributed by atoms with E-state index < -0.39 is 11.7 Å². The maximum atomic E-state index is 11.4. The topological polar surface area (TPSA) is 67.4 Å². The molecule has 0 heterocycles. The number of alkyl carbamates (subject to hydrolysis) is 1. The maximum Gasteiger partial charge on any atom is 0.407 e. The van der Waals surface area contributed by atoms with Gasteiger partial charge in [0.15, 0.2) is 0 Å². The average molecular weight is 254 g/mol. The molecule has 1 unspecified atom stereocenters. The van der Waals surface area contributed by atoms with E-state index in [1.165, 1.54) is 0 Å². The monoisotopic (exact) mass is 254 g/mol. The van der Waals surface area contributed by atoms with Gasteiger partial charge in [-0.15, -0.1) is 0 Å². The fourth-order valence-electron chi connectivity index (χ4n) is 1.14. The van der Waals surface area contributed by atoms with Crippen LogP contribution in [0, 0.1) is 11.8 Å². The molecule has 0 saturated carbocycles. The van der Waals surface area contributed by atoms with Crippen LogP contribution in [0.15, 0.2) is 0 Å². The van der Waals surface area contributed by atoms with Crippen molar-refractivity contribution in [3.63, 3.8) is 0 Å². The molecule has 2 amide bonds. The standard InChI is InChI=1S/C13H22N2O3/c1-6-7-11(16)14-9-8-10(2)15-12(17)18-13(3,4)5/h10H,8-9H2,1-5H3,(H,14,16)(H,15,17). The highest BCUT2D eigenvalue weighted by Crippen LogP contribution is 2.06. The number of nitrogens with one attached hydrogen (secondary N) is 2. The highest BCUT2D eigenvalue weighted by atomic mass is 16.6. The summed E-state index contributed by atoms with van der Waals surface area (Å²) in [4.78, 5) is 22.5. The van der Waals surface area contributed by atoms with E-state index in [2.05, 4.69) is 22.5 Å². The number of carbonyl (C=O) groups is 2. The molecule has 0 fully saturated rings. The van der Waals surface area contributed by atoms with Crippen molar-refractivity contribution in [1.82, 2.24) is 10.6 Å². The molecule has 0 aliphatic rings. The third-order valence-corrected chi connectivity index (χ3v) is 1.86. The van der Waals surface area contributed by atoms with E-state index in [1.807, 2.05) is 6.92 Å². The Morgan fingerprint density at radius 3 is 2.44 bits per heavy atom. The smallest absolute Gasteiger partial charge is 0.407 e. The van der Waals surface area contributed by atoms with Gasteiger partial charge in [0.05, 0.1) is 0 Å². The molecule has 0 spiro atoms. The van der Waals surface area contributed by atoms with Gasteiger partial charge in [-0.2, -0.15) is 0 Å². The number of amides is 2. The minimum Gasteiger partial charge on any atom is -0.444 e. The highest BCUT2D eigenvalue weighted by Gasteiger charge is 2.17. The van der Waals surface area contributed by atoms with Gasteiger partial charge in [-0.25, -0.2) is 4.79 Å². The van der Waals surface area contributed by atoms with Crippen molar-refractivity contribution in [2.24, 2.45) is 0 Å². The summed E-state index contributed by atoms with van der Waals surface area (Å²) in [5.41, 5.74) is -0.505. The minimum atomic E-state index is -0.505. The van der Waals surface area contributed by atoms with Crippen molar-refractivity contribution >= 4 is 12.0 Å². The first kappa shape index (κ1) is 16.3. The van der Waals surface area contributed by atoms with E-state index in [4.69, 9.17) is 4.74 Å². The van der Waals surface area contributed by atoms with E-state index in [-0.39, 0.29) is 11.9 Å². The van der Waals surface area contributed by atoms with Crippen LogP contribution in [0.25, 0.3) is 0 Å². The third-order valence-electron chi connectivity index (χ3n) is 1.86.